The van der Waals surface area contributed by atoms with E-state index in [2.05, 4.69) is 10.3 Å². The number of amides is 1. The zero-order valence-electron chi connectivity index (χ0n) is 23.1. The summed E-state index contributed by atoms with van der Waals surface area (Å²) in [6, 6.07) is 22.8. The second-order valence-electron chi connectivity index (χ2n) is 9.88. The van der Waals surface area contributed by atoms with E-state index in [1.807, 2.05) is 30.3 Å². The zero-order chi connectivity index (χ0) is 29.7. The molecule has 2 heterocycles. The molecule has 1 N–H and O–H groups in total. The van der Waals surface area contributed by atoms with Crippen LogP contribution < -0.4 is 10.1 Å². The number of nitrogens with one attached hydrogen (secondary N) is 1. The molecular formula is C30H32N4O6S2. The first kappa shape index (κ1) is 29.6. The molecule has 4 aromatic rings. The normalized spacial score (nSPS) is 16.7. The van der Waals surface area contributed by atoms with E-state index in [1.54, 1.807) is 24.3 Å². The molecule has 1 atom stereocenters. The molecule has 1 fully saturated rings. The Hall–Kier alpha value is -3.84. The summed E-state index contributed by atoms with van der Waals surface area (Å²) < 4.78 is 62.6. The number of hydrogen-bond acceptors (Lipinski definition) is 7. The molecule has 0 bridgehead atoms. The Kier molecular flexibility index (Phi) is 8.88. The number of carbonyl (C=O) groups excluding carboxylic acids is 1. The van der Waals surface area contributed by atoms with Crippen molar-refractivity contribution in [3.63, 3.8) is 0 Å². The molecule has 0 spiro atoms. The SMILES string of the molecule is COc1ccc(S(=O)(=O)N2CCN(S(=O)(=O)c3cccc4cccnc34)C(C(=O)NCCCc3ccccc3)C2)cc1. The maximum absolute atomic E-state index is 14.1. The smallest absolute Gasteiger partial charge is 0.246 e. The number of carbonyl (C=O) groups is 1. The highest BCUT2D eigenvalue weighted by Gasteiger charge is 2.44. The van der Waals surface area contributed by atoms with Crippen LogP contribution in [0.2, 0.25) is 0 Å². The van der Waals surface area contributed by atoms with Gasteiger partial charge < -0.3 is 10.1 Å². The van der Waals surface area contributed by atoms with Gasteiger partial charge in [-0.05, 0) is 54.8 Å². The minimum atomic E-state index is -4.23. The highest BCUT2D eigenvalue weighted by molar-refractivity contribution is 7.89. The van der Waals surface area contributed by atoms with Crippen molar-refractivity contribution in [3.05, 3.63) is 96.7 Å². The van der Waals surface area contributed by atoms with Gasteiger partial charge in [0, 0.05) is 37.8 Å². The van der Waals surface area contributed by atoms with Crippen LogP contribution in [0.4, 0.5) is 0 Å². The number of para-hydroxylation sites is 1. The van der Waals surface area contributed by atoms with Gasteiger partial charge in [0.1, 0.15) is 16.7 Å². The molecule has 1 aliphatic rings. The molecular weight excluding hydrogens is 576 g/mol. The molecule has 42 heavy (non-hydrogen) atoms. The molecule has 5 rings (SSSR count). The molecule has 0 aliphatic carbocycles. The third kappa shape index (κ3) is 6.16. The number of nitrogens with zero attached hydrogens (tertiary/aromatic N) is 3. The molecule has 1 amide bonds. The highest BCUT2D eigenvalue weighted by atomic mass is 32.2. The maximum Gasteiger partial charge on any atom is 0.246 e. The lowest BCUT2D eigenvalue weighted by atomic mass is 10.1. The number of piperazine rings is 1. The van der Waals surface area contributed by atoms with E-state index in [9.17, 15) is 21.6 Å². The second-order valence-corrected chi connectivity index (χ2v) is 13.7. The van der Waals surface area contributed by atoms with Crippen molar-refractivity contribution in [3.8, 4) is 5.75 Å². The van der Waals surface area contributed by atoms with Crippen LogP contribution in [-0.2, 0) is 31.3 Å². The number of benzene rings is 3. The summed E-state index contributed by atoms with van der Waals surface area (Å²) in [4.78, 5) is 17.9. The van der Waals surface area contributed by atoms with Crippen LogP contribution in [0.1, 0.15) is 12.0 Å². The van der Waals surface area contributed by atoms with Crippen molar-refractivity contribution in [2.45, 2.75) is 28.7 Å². The Bertz CT molecular complexity index is 1760. The van der Waals surface area contributed by atoms with Gasteiger partial charge in [-0.3, -0.25) is 9.78 Å². The monoisotopic (exact) mass is 608 g/mol. The van der Waals surface area contributed by atoms with Crippen molar-refractivity contribution in [2.75, 3.05) is 33.3 Å². The van der Waals surface area contributed by atoms with Gasteiger partial charge in [0.25, 0.3) is 0 Å². The van der Waals surface area contributed by atoms with Crippen LogP contribution >= 0.6 is 0 Å². The molecule has 10 nitrogen and oxygen atoms in total. The molecule has 12 heteroatoms. The van der Waals surface area contributed by atoms with Gasteiger partial charge in [0.15, 0.2) is 0 Å². The van der Waals surface area contributed by atoms with Gasteiger partial charge in [0.05, 0.1) is 17.5 Å². The van der Waals surface area contributed by atoms with Gasteiger partial charge in [-0.15, -0.1) is 0 Å². The Morgan fingerprint density at radius 1 is 0.905 bits per heavy atom. The minimum Gasteiger partial charge on any atom is -0.497 e. The Morgan fingerprint density at radius 2 is 1.64 bits per heavy atom. The summed E-state index contributed by atoms with van der Waals surface area (Å²) in [6.07, 6.45) is 2.88. The molecule has 1 aromatic heterocycles. The lowest BCUT2D eigenvalue weighted by molar-refractivity contribution is -0.125. The van der Waals surface area contributed by atoms with Crippen molar-refractivity contribution < 1.29 is 26.4 Å². The van der Waals surface area contributed by atoms with Gasteiger partial charge in [-0.1, -0.05) is 48.5 Å². The van der Waals surface area contributed by atoms with Crippen LogP contribution in [0, 0.1) is 0 Å². The molecule has 1 aliphatic heterocycles. The first-order valence-electron chi connectivity index (χ1n) is 13.5. The van der Waals surface area contributed by atoms with Crippen molar-refractivity contribution in [1.82, 2.24) is 18.9 Å². The number of rotatable bonds is 10. The number of methoxy groups -OCH3 is 1. The minimum absolute atomic E-state index is 0.0277. The van der Waals surface area contributed by atoms with Gasteiger partial charge >= 0.3 is 0 Å². The lowest BCUT2D eigenvalue weighted by Gasteiger charge is -2.39. The second kappa shape index (κ2) is 12.6. The Balaban J connectivity index is 1.42. The number of ether oxygens (including phenoxy) is 1. The van der Waals surface area contributed by atoms with E-state index in [4.69, 9.17) is 4.74 Å². The number of fused-ring (bicyclic) bond motifs is 1. The summed E-state index contributed by atoms with van der Waals surface area (Å²) in [5.74, 6) is -0.0595. The standard InChI is InChI=1S/C30H32N4O6S2/c1-40-25-14-16-26(17-15-25)41(36,37)33-20-21-34(42(38,39)28-13-5-11-24-12-7-18-31-29(24)28)27(22-33)30(35)32-19-6-10-23-8-3-2-4-9-23/h2-5,7-9,11-18,27H,6,10,19-22H2,1H3,(H,32,35). The first-order valence-corrected chi connectivity index (χ1v) is 16.4. The molecule has 0 radical (unpaired) electrons. The number of hydrogen-bond donors (Lipinski definition) is 1. The van der Waals surface area contributed by atoms with Crippen LogP contribution in [0.15, 0.2) is 101 Å². The van der Waals surface area contributed by atoms with E-state index >= 15 is 0 Å². The largest absolute Gasteiger partial charge is 0.497 e. The topological polar surface area (TPSA) is 126 Å². The summed E-state index contributed by atoms with van der Waals surface area (Å²) >= 11 is 0. The van der Waals surface area contributed by atoms with Crippen LogP contribution in [0.5, 0.6) is 5.75 Å². The summed E-state index contributed by atoms with van der Waals surface area (Å²) in [5, 5.41) is 3.48. The number of pyridine rings is 1. The van der Waals surface area contributed by atoms with E-state index in [1.165, 1.54) is 43.6 Å². The van der Waals surface area contributed by atoms with E-state index in [0.717, 1.165) is 20.6 Å². The predicted molar refractivity (Wildman–Crippen MR) is 159 cm³/mol. The average Bonchev–Trinajstić information content (AvgIpc) is 3.03. The zero-order valence-corrected chi connectivity index (χ0v) is 24.7. The maximum atomic E-state index is 14.1. The van der Waals surface area contributed by atoms with Crippen molar-refractivity contribution >= 4 is 36.9 Å². The van der Waals surface area contributed by atoms with E-state index in [-0.39, 0.29) is 34.9 Å². The first-order chi connectivity index (χ1) is 20.2. The third-order valence-corrected chi connectivity index (χ3v) is 11.1. The molecule has 220 valence electrons. The fourth-order valence-corrected chi connectivity index (χ4v) is 8.21. The summed E-state index contributed by atoms with van der Waals surface area (Å²) in [6.45, 7) is -0.359. The van der Waals surface area contributed by atoms with Crippen LogP contribution in [-0.4, -0.2) is 75.7 Å². The Labute approximate surface area is 246 Å². The fourth-order valence-electron chi connectivity index (χ4n) is 5.03. The summed E-state index contributed by atoms with van der Waals surface area (Å²) in [7, 11) is -6.76. The van der Waals surface area contributed by atoms with Gasteiger partial charge in [-0.2, -0.15) is 8.61 Å². The predicted octanol–water partition coefficient (Wildman–Crippen LogP) is 3.06. The number of aromatic nitrogens is 1. The van der Waals surface area contributed by atoms with Crippen molar-refractivity contribution in [1.29, 1.82) is 0 Å². The Morgan fingerprint density at radius 3 is 2.38 bits per heavy atom. The number of aryl methyl sites for hydroxylation is 1. The number of sulfonamides is 2. The quantitative estimate of drug-likeness (QED) is 0.274. The van der Waals surface area contributed by atoms with Gasteiger partial charge in [0.2, 0.25) is 26.0 Å². The molecule has 1 unspecified atom stereocenters. The van der Waals surface area contributed by atoms with Crippen LogP contribution in [0.25, 0.3) is 10.9 Å². The third-order valence-electron chi connectivity index (χ3n) is 7.26. The average molecular weight is 609 g/mol. The van der Waals surface area contributed by atoms with E-state index in [0.29, 0.717) is 24.1 Å². The van der Waals surface area contributed by atoms with Gasteiger partial charge in [-0.25, -0.2) is 16.8 Å². The van der Waals surface area contributed by atoms with Crippen LogP contribution in [0.3, 0.4) is 0 Å². The van der Waals surface area contributed by atoms with E-state index < -0.39 is 32.0 Å². The highest BCUT2D eigenvalue weighted by Crippen LogP contribution is 2.29. The molecule has 0 saturated carbocycles. The lowest BCUT2D eigenvalue weighted by Crippen LogP contribution is -2.61. The summed E-state index contributed by atoms with van der Waals surface area (Å²) in [5.41, 5.74) is 1.41. The van der Waals surface area contributed by atoms with Crippen molar-refractivity contribution in [2.24, 2.45) is 0 Å². The molecule has 3 aromatic carbocycles. The fraction of sp³-hybridized carbons (Fsp3) is 0.267. The molecule has 1 saturated heterocycles.